The molecule has 0 bridgehead atoms. The van der Waals surface area contributed by atoms with E-state index in [-0.39, 0.29) is 12.8 Å². The molecular weight excluding hydrogens is 430 g/mol. The van der Waals surface area contributed by atoms with Crippen molar-refractivity contribution in [2.75, 3.05) is 0 Å². The Hall–Kier alpha value is -3.93. The molecule has 0 aliphatic carbocycles. The van der Waals surface area contributed by atoms with E-state index in [0.717, 1.165) is 16.7 Å². The van der Waals surface area contributed by atoms with Crippen molar-refractivity contribution in [2.45, 2.75) is 31.7 Å². The molecular formula is C28H29NO5. The van der Waals surface area contributed by atoms with Gasteiger partial charge in [-0.25, -0.2) is 4.79 Å². The second-order valence-corrected chi connectivity index (χ2v) is 8.44. The molecule has 0 aliphatic rings. The van der Waals surface area contributed by atoms with Crippen molar-refractivity contribution in [1.29, 1.82) is 0 Å². The summed E-state index contributed by atoms with van der Waals surface area (Å²) >= 11 is 0. The van der Waals surface area contributed by atoms with Gasteiger partial charge in [-0.3, -0.25) is 9.59 Å². The van der Waals surface area contributed by atoms with Crippen LogP contribution in [0.4, 0.5) is 0 Å². The van der Waals surface area contributed by atoms with E-state index in [2.05, 4.69) is 5.32 Å². The van der Waals surface area contributed by atoms with Crippen LogP contribution in [0.3, 0.4) is 0 Å². The van der Waals surface area contributed by atoms with Gasteiger partial charge < -0.3 is 15.5 Å². The van der Waals surface area contributed by atoms with E-state index in [1.807, 2.05) is 91.0 Å². The molecule has 0 spiro atoms. The van der Waals surface area contributed by atoms with Gasteiger partial charge >= 0.3 is 11.9 Å². The predicted octanol–water partition coefficient (Wildman–Crippen LogP) is 3.99. The Labute approximate surface area is 199 Å². The SMILES string of the molecule is O=C(O)C(Cc1ccccc1)NC(=O)[C@H](Cc1ccccc1)C[C@@H](Cc1ccccc1)C(=O)O. The summed E-state index contributed by atoms with van der Waals surface area (Å²) in [5, 5.41) is 22.2. The van der Waals surface area contributed by atoms with Gasteiger partial charge in [-0.15, -0.1) is 0 Å². The first-order valence-electron chi connectivity index (χ1n) is 11.3. The van der Waals surface area contributed by atoms with E-state index in [4.69, 9.17) is 0 Å². The van der Waals surface area contributed by atoms with Gasteiger partial charge in [0.05, 0.1) is 5.92 Å². The second-order valence-electron chi connectivity index (χ2n) is 8.44. The van der Waals surface area contributed by atoms with Gasteiger partial charge in [0.1, 0.15) is 6.04 Å². The highest BCUT2D eigenvalue weighted by Crippen LogP contribution is 2.22. The number of benzene rings is 3. The molecule has 3 aromatic rings. The largest absolute Gasteiger partial charge is 0.481 e. The van der Waals surface area contributed by atoms with E-state index in [1.165, 1.54) is 0 Å². The van der Waals surface area contributed by atoms with Gasteiger partial charge in [-0.2, -0.15) is 0 Å². The predicted molar refractivity (Wildman–Crippen MR) is 129 cm³/mol. The lowest BCUT2D eigenvalue weighted by atomic mass is 9.85. The highest BCUT2D eigenvalue weighted by atomic mass is 16.4. The van der Waals surface area contributed by atoms with Gasteiger partial charge in [0.15, 0.2) is 0 Å². The fraction of sp³-hybridized carbons (Fsp3) is 0.250. The number of carboxylic acids is 2. The molecule has 3 rings (SSSR count). The Morgan fingerprint density at radius 1 is 0.588 bits per heavy atom. The lowest BCUT2D eigenvalue weighted by Crippen LogP contribution is -2.46. The van der Waals surface area contributed by atoms with E-state index in [1.54, 1.807) is 0 Å². The number of hydrogen-bond acceptors (Lipinski definition) is 3. The van der Waals surface area contributed by atoms with Gasteiger partial charge in [0.2, 0.25) is 5.91 Å². The van der Waals surface area contributed by atoms with Crippen LogP contribution in [0.15, 0.2) is 91.0 Å². The first kappa shape index (κ1) is 24.7. The van der Waals surface area contributed by atoms with Crippen molar-refractivity contribution in [2.24, 2.45) is 11.8 Å². The van der Waals surface area contributed by atoms with Crippen LogP contribution in [-0.4, -0.2) is 34.1 Å². The van der Waals surface area contributed by atoms with Crippen LogP contribution in [0, 0.1) is 11.8 Å². The molecule has 34 heavy (non-hydrogen) atoms. The van der Waals surface area contributed by atoms with E-state index in [0.29, 0.717) is 12.8 Å². The van der Waals surface area contributed by atoms with E-state index >= 15 is 0 Å². The number of carbonyl (C=O) groups is 3. The Morgan fingerprint density at radius 2 is 1.00 bits per heavy atom. The minimum Gasteiger partial charge on any atom is -0.481 e. The molecule has 0 saturated carbocycles. The maximum atomic E-state index is 13.3. The van der Waals surface area contributed by atoms with Crippen molar-refractivity contribution in [3.8, 4) is 0 Å². The minimum absolute atomic E-state index is 0.0998. The van der Waals surface area contributed by atoms with Crippen LogP contribution in [0.1, 0.15) is 23.1 Å². The van der Waals surface area contributed by atoms with Gasteiger partial charge in [-0.05, 0) is 36.0 Å². The molecule has 1 unspecified atom stereocenters. The van der Waals surface area contributed by atoms with Crippen LogP contribution in [-0.2, 0) is 33.6 Å². The maximum Gasteiger partial charge on any atom is 0.326 e. The highest BCUT2D eigenvalue weighted by molar-refractivity contribution is 5.86. The fourth-order valence-corrected chi connectivity index (χ4v) is 4.03. The summed E-state index contributed by atoms with van der Waals surface area (Å²) in [5.74, 6) is -4.03. The zero-order valence-corrected chi connectivity index (χ0v) is 18.8. The summed E-state index contributed by atoms with van der Waals surface area (Å²) in [7, 11) is 0. The van der Waals surface area contributed by atoms with E-state index < -0.39 is 35.7 Å². The first-order valence-corrected chi connectivity index (χ1v) is 11.3. The Morgan fingerprint density at radius 3 is 1.41 bits per heavy atom. The minimum atomic E-state index is -1.13. The lowest BCUT2D eigenvalue weighted by molar-refractivity contribution is -0.144. The number of amides is 1. The summed E-state index contributed by atoms with van der Waals surface area (Å²) in [5.41, 5.74) is 2.56. The zero-order chi connectivity index (χ0) is 24.3. The molecule has 6 nitrogen and oxygen atoms in total. The molecule has 0 radical (unpaired) electrons. The molecule has 6 heteroatoms. The monoisotopic (exact) mass is 459 g/mol. The Kier molecular flexibility index (Phi) is 8.97. The molecule has 176 valence electrons. The standard InChI is InChI=1S/C28H29NO5/c30-26(29-25(28(33)34)18-22-14-8-3-9-15-22)23(16-20-10-4-1-5-11-20)19-24(27(31)32)17-21-12-6-2-7-13-21/h1-15,23-25H,16-19H2,(H,29,30)(H,31,32)(H,33,34)/t23-,24-,25?/m1/s1. The van der Waals surface area contributed by atoms with Gasteiger partial charge in [0.25, 0.3) is 0 Å². The Balaban J connectivity index is 1.79. The summed E-state index contributed by atoms with van der Waals surface area (Å²) in [4.78, 5) is 37.2. The van der Waals surface area contributed by atoms with Crippen LogP contribution >= 0.6 is 0 Å². The van der Waals surface area contributed by atoms with Crippen molar-refractivity contribution >= 4 is 17.8 Å². The molecule has 0 saturated heterocycles. The highest BCUT2D eigenvalue weighted by Gasteiger charge is 2.30. The third-order valence-electron chi connectivity index (χ3n) is 5.84. The van der Waals surface area contributed by atoms with Gasteiger partial charge in [0, 0.05) is 12.3 Å². The number of nitrogens with one attached hydrogen (secondary N) is 1. The number of carbonyl (C=O) groups excluding carboxylic acids is 1. The number of rotatable bonds is 12. The summed E-state index contributed by atoms with van der Waals surface area (Å²) in [6, 6.07) is 26.6. The maximum absolute atomic E-state index is 13.3. The Bertz CT molecular complexity index is 1070. The van der Waals surface area contributed by atoms with Crippen molar-refractivity contribution in [3.05, 3.63) is 108 Å². The average Bonchev–Trinajstić information content (AvgIpc) is 2.84. The molecule has 0 fully saturated rings. The van der Waals surface area contributed by atoms with Crippen LogP contribution in [0.25, 0.3) is 0 Å². The third kappa shape index (κ3) is 7.59. The number of carboxylic acid groups (broad SMARTS) is 2. The summed E-state index contributed by atoms with van der Waals surface area (Å²) in [6.07, 6.45) is 0.860. The van der Waals surface area contributed by atoms with Crippen molar-refractivity contribution < 1.29 is 24.6 Å². The normalized spacial score (nSPS) is 13.4. The average molecular weight is 460 g/mol. The summed E-state index contributed by atoms with van der Waals surface area (Å²) < 4.78 is 0. The third-order valence-corrected chi connectivity index (χ3v) is 5.84. The lowest BCUT2D eigenvalue weighted by Gasteiger charge is -2.23. The van der Waals surface area contributed by atoms with Crippen LogP contribution in [0.5, 0.6) is 0 Å². The first-order chi connectivity index (χ1) is 16.4. The number of hydrogen-bond donors (Lipinski definition) is 3. The summed E-state index contributed by atoms with van der Waals surface area (Å²) in [6.45, 7) is 0. The molecule has 0 aromatic heterocycles. The molecule has 0 heterocycles. The molecule has 3 atom stereocenters. The zero-order valence-electron chi connectivity index (χ0n) is 18.8. The molecule has 3 aromatic carbocycles. The van der Waals surface area contributed by atoms with E-state index in [9.17, 15) is 24.6 Å². The van der Waals surface area contributed by atoms with Crippen molar-refractivity contribution in [3.63, 3.8) is 0 Å². The fourth-order valence-electron chi connectivity index (χ4n) is 4.03. The van der Waals surface area contributed by atoms with Gasteiger partial charge in [-0.1, -0.05) is 91.0 Å². The topological polar surface area (TPSA) is 104 Å². The number of aliphatic carboxylic acids is 2. The molecule has 0 aliphatic heterocycles. The quantitative estimate of drug-likeness (QED) is 0.380. The molecule has 1 amide bonds. The van der Waals surface area contributed by atoms with Crippen LogP contribution in [0.2, 0.25) is 0 Å². The van der Waals surface area contributed by atoms with Crippen molar-refractivity contribution in [1.82, 2.24) is 5.32 Å². The van der Waals surface area contributed by atoms with Crippen LogP contribution < -0.4 is 5.32 Å². The molecule has 3 N–H and O–H groups in total. The smallest absolute Gasteiger partial charge is 0.326 e. The second kappa shape index (κ2) is 12.3.